The molecular weight excluding hydrogens is 336 g/mol. The maximum absolute atomic E-state index is 12.8. The van der Waals surface area contributed by atoms with Crippen LogP contribution >= 0.6 is 0 Å². The van der Waals surface area contributed by atoms with E-state index < -0.39 is 10.0 Å². The molecular formula is C18H22N4O2S. The van der Waals surface area contributed by atoms with Crippen LogP contribution in [0.25, 0.3) is 0 Å². The highest BCUT2D eigenvalue weighted by Crippen LogP contribution is 2.50. The molecule has 0 atom stereocenters. The predicted molar refractivity (Wildman–Crippen MR) is 95.7 cm³/mol. The first kappa shape index (κ1) is 16.5. The fourth-order valence-corrected chi connectivity index (χ4v) is 5.49. The van der Waals surface area contributed by atoms with Crippen LogP contribution in [0.4, 0.5) is 5.95 Å². The van der Waals surface area contributed by atoms with Gasteiger partial charge in [0.1, 0.15) is 0 Å². The van der Waals surface area contributed by atoms with Gasteiger partial charge in [0.15, 0.2) is 0 Å². The van der Waals surface area contributed by atoms with E-state index in [-0.39, 0.29) is 5.41 Å². The fourth-order valence-electron chi connectivity index (χ4n) is 3.94. The number of aromatic nitrogens is 2. The molecule has 0 unspecified atom stereocenters. The fraction of sp³-hybridized carbons (Fsp3) is 0.444. The Morgan fingerprint density at radius 1 is 1.16 bits per heavy atom. The first-order valence-corrected chi connectivity index (χ1v) is 10.0. The highest BCUT2D eigenvalue weighted by molar-refractivity contribution is 7.89. The Kier molecular flexibility index (Phi) is 4.00. The molecule has 2 heterocycles. The Balaban J connectivity index is 1.40. The van der Waals surface area contributed by atoms with Crippen molar-refractivity contribution in [2.45, 2.75) is 37.1 Å². The number of aryl methyl sites for hydroxylation is 1. The minimum absolute atomic E-state index is 0.101. The molecule has 1 N–H and O–H groups in total. The van der Waals surface area contributed by atoms with Gasteiger partial charge in [-0.25, -0.2) is 18.4 Å². The highest BCUT2D eigenvalue weighted by atomic mass is 32.2. The quantitative estimate of drug-likeness (QED) is 0.908. The van der Waals surface area contributed by atoms with Crippen LogP contribution in [0.2, 0.25) is 0 Å². The Hall–Kier alpha value is -1.99. The Morgan fingerprint density at radius 3 is 2.52 bits per heavy atom. The second kappa shape index (κ2) is 6.07. The Morgan fingerprint density at radius 2 is 1.84 bits per heavy atom. The maximum Gasteiger partial charge on any atom is 0.243 e. The van der Waals surface area contributed by atoms with Crippen LogP contribution in [0.1, 0.15) is 24.8 Å². The summed E-state index contributed by atoms with van der Waals surface area (Å²) >= 11 is 0. The molecule has 1 aromatic heterocycles. The number of hydrogen-bond acceptors (Lipinski definition) is 5. The smallest absolute Gasteiger partial charge is 0.243 e. The molecule has 1 aliphatic carbocycles. The van der Waals surface area contributed by atoms with Crippen LogP contribution in [-0.4, -0.2) is 41.8 Å². The molecule has 25 heavy (non-hydrogen) atoms. The molecule has 0 bridgehead atoms. The average molecular weight is 358 g/mol. The van der Waals surface area contributed by atoms with Gasteiger partial charge >= 0.3 is 0 Å². The van der Waals surface area contributed by atoms with Crippen LogP contribution < -0.4 is 5.32 Å². The van der Waals surface area contributed by atoms with Crippen LogP contribution in [0.15, 0.2) is 47.6 Å². The van der Waals surface area contributed by atoms with Crippen molar-refractivity contribution in [2.75, 3.05) is 18.4 Å². The first-order chi connectivity index (χ1) is 12.0. The van der Waals surface area contributed by atoms with E-state index in [9.17, 15) is 8.42 Å². The molecule has 4 rings (SSSR count). The summed E-state index contributed by atoms with van der Waals surface area (Å²) in [6, 6.07) is 9.22. The van der Waals surface area contributed by atoms with Gasteiger partial charge in [-0.15, -0.1) is 0 Å². The Bertz CT molecular complexity index is 846. The number of sulfonamides is 1. The van der Waals surface area contributed by atoms with Crippen LogP contribution in [-0.2, 0) is 10.0 Å². The normalized spacial score (nSPS) is 26.5. The van der Waals surface area contributed by atoms with Crippen molar-refractivity contribution in [3.8, 4) is 0 Å². The standard InChI is InChI=1S/C18H22N4O2S/c1-14-3-5-16(6-4-14)25(23,24)22-10-7-18(13-22)11-15(12-18)21-17-19-8-2-9-20-17/h2-6,8-9,15H,7,10-13H2,1H3,(H,19,20,21). The van der Waals surface area contributed by atoms with Crippen molar-refractivity contribution in [1.82, 2.24) is 14.3 Å². The van der Waals surface area contributed by atoms with Crippen molar-refractivity contribution in [1.29, 1.82) is 0 Å². The van der Waals surface area contributed by atoms with E-state index in [4.69, 9.17) is 0 Å². The van der Waals surface area contributed by atoms with Gasteiger partial charge < -0.3 is 5.32 Å². The topological polar surface area (TPSA) is 75.2 Å². The minimum Gasteiger partial charge on any atom is -0.351 e. The number of nitrogens with zero attached hydrogens (tertiary/aromatic N) is 3. The molecule has 7 heteroatoms. The summed E-state index contributed by atoms with van der Waals surface area (Å²) < 4.78 is 27.3. The lowest BCUT2D eigenvalue weighted by Gasteiger charge is -2.45. The van der Waals surface area contributed by atoms with E-state index in [2.05, 4.69) is 15.3 Å². The van der Waals surface area contributed by atoms with Gasteiger partial charge in [0.2, 0.25) is 16.0 Å². The molecule has 2 aromatic rings. The number of nitrogens with one attached hydrogen (secondary N) is 1. The number of anilines is 1. The van der Waals surface area contributed by atoms with E-state index in [0.29, 0.717) is 30.0 Å². The van der Waals surface area contributed by atoms with Gasteiger partial charge in [0.25, 0.3) is 0 Å². The van der Waals surface area contributed by atoms with E-state index in [0.717, 1.165) is 24.8 Å². The number of rotatable bonds is 4. The molecule has 1 saturated heterocycles. The zero-order chi connectivity index (χ0) is 17.5. The van der Waals surface area contributed by atoms with Crippen LogP contribution in [0, 0.1) is 12.3 Å². The molecule has 1 saturated carbocycles. The monoisotopic (exact) mass is 358 g/mol. The van der Waals surface area contributed by atoms with E-state index >= 15 is 0 Å². The van der Waals surface area contributed by atoms with Crippen molar-refractivity contribution in [3.63, 3.8) is 0 Å². The lowest BCUT2D eigenvalue weighted by molar-refractivity contribution is 0.133. The SMILES string of the molecule is Cc1ccc(S(=O)(=O)N2CCC3(CC(Nc4ncccn4)C3)C2)cc1. The maximum atomic E-state index is 12.8. The third-order valence-corrected chi connectivity index (χ3v) is 7.18. The van der Waals surface area contributed by atoms with Crippen molar-refractivity contribution < 1.29 is 8.42 Å². The van der Waals surface area contributed by atoms with E-state index in [1.807, 2.05) is 19.1 Å². The Labute approximate surface area is 148 Å². The van der Waals surface area contributed by atoms with E-state index in [1.54, 1.807) is 34.9 Å². The average Bonchev–Trinajstić information content (AvgIpc) is 3.02. The predicted octanol–water partition coefficient (Wildman–Crippen LogP) is 2.44. The first-order valence-electron chi connectivity index (χ1n) is 8.57. The minimum atomic E-state index is -3.39. The molecule has 1 aliphatic heterocycles. The van der Waals surface area contributed by atoms with Crippen molar-refractivity contribution in [2.24, 2.45) is 5.41 Å². The summed E-state index contributed by atoms with van der Waals surface area (Å²) in [5.41, 5.74) is 1.16. The highest BCUT2D eigenvalue weighted by Gasteiger charge is 2.51. The summed E-state index contributed by atoms with van der Waals surface area (Å²) in [7, 11) is -3.39. The van der Waals surface area contributed by atoms with Gasteiger partial charge in [-0.3, -0.25) is 0 Å². The van der Waals surface area contributed by atoms with Crippen LogP contribution in [0.3, 0.4) is 0 Å². The molecule has 2 aliphatic rings. The zero-order valence-electron chi connectivity index (χ0n) is 14.2. The summed E-state index contributed by atoms with van der Waals surface area (Å²) in [5.74, 6) is 0.643. The second-order valence-electron chi connectivity index (χ2n) is 7.22. The molecule has 0 amide bonds. The van der Waals surface area contributed by atoms with Crippen molar-refractivity contribution >= 4 is 16.0 Å². The lowest BCUT2D eigenvalue weighted by atomic mass is 9.65. The molecule has 1 spiro atoms. The van der Waals surface area contributed by atoms with Gasteiger partial charge in [-0.05, 0) is 49.8 Å². The van der Waals surface area contributed by atoms with Gasteiger partial charge in [-0.2, -0.15) is 4.31 Å². The largest absolute Gasteiger partial charge is 0.351 e. The van der Waals surface area contributed by atoms with Crippen molar-refractivity contribution in [3.05, 3.63) is 48.3 Å². The number of hydrogen-bond donors (Lipinski definition) is 1. The zero-order valence-corrected chi connectivity index (χ0v) is 15.0. The summed E-state index contributed by atoms with van der Waals surface area (Å²) in [5, 5.41) is 3.33. The lowest BCUT2D eigenvalue weighted by Crippen LogP contribution is -2.47. The molecule has 2 fully saturated rings. The summed E-state index contributed by atoms with van der Waals surface area (Å²) in [6.45, 7) is 3.17. The third kappa shape index (κ3) is 3.14. The number of benzene rings is 1. The molecule has 132 valence electrons. The van der Waals surface area contributed by atoms with Gasteiger partial charge in [0.05, 0.1) is 4.90 Å². The molecule has 0 radical (unpaired) electrons. The van der Waals surface area contributed by atoms with E-state index in [1.165, 1.54) is 0 Å². The van der Waals surface area contributed by atoms with Gasteiger partial charge in [-0.1, -0.05) is 17.7 Å². The molecule has 6 nitrogen and oxygen atoms in total. The second-order valence-corrected chi connectivity index (χ2v) is 9.16. The third-order valence-electron chi connectivity index (χ3n) is 5.32. The van der Waals surface area contributed by atoms with Crippen LogP contribution in [0.5, 0.6) is 0 Å². The summed E-state index contributed by atoms with van der Waals surface area (Å²) in [4.78, 5) is 8.77. The van der Waals surface area contributed by atoms with Gasteiger partial charge in [0, 0.05) is 31.5 Å². The molecule has 1 aromatic carbocycles. The summed E-state index contributed by atoms with van der Waals surface area (Å²) in [6.07, 6.45) is 6.28.